The Morgan fingerprint density at radius 2 is 2.04 bits per heavy atom. The number of hydrogen-bond donors (Lipinski definition) is 3. The lowest BCUT2D eigenvalue weighted by Gasteiger charge is -2.14. The number of nitrogens with one attached hydrogen (secondary N) is 2. The smallest absolute Gasteiger partial charge is 0.345 e. The fourth-order valence-corrected chi connectivity index (χ4v) is 2.06. The number of benzene rings is 1. The van der Waals surface area contributed by atoms with Gasteiger partial charge in [-0.3, -0.25) is 0 Å². The molecule has 1 aromatic carbocycles. The normalized spacial score (nSPS) is 10.2. The lowest BCUT2D eigenvalue weighted by molar-refractivity contribution is 0.0528. The van der Waals surface area contributed by atoms with Crippen molar-refractivity contribution in [3.05, 3.63) is 41.2 Å². The maximum atomic E-state index is 12.2. The Hall–Kier alpha value is -2.38. The molecule has 23 heavy (non-hydrogen) atoms. The second-order valence-electron chi connectivity index (χ2n) is 4.42. The zero-order chi connectivity index (χ0) is 16.7. The molecular formula is C15H17ClN4O3. The van der Waals surface area contributed by atoms with E-state index in [0.717, 1.165) is 0 Å². The third kappa shape index (κ3) is 4.30. The van der Waals surface area contributed by atoms with Gasteiger partial charge < -0.3 is 20.5 Å². The number of anilines is 3. The predicted octanol–water partition coefficient (Wildman–Crippen LogP) is 2.45. The third-order valence-corrected chi connectivity index (χ3v) is 3.19. The van der Waals surface area contributed by atoms with Gasteiger partial charge in [0.15, 0.2) is 5.82 Å². The van der Waals surface area contributed by atoms with Crippen LogP contribution < -0.4 is 10.6 Å². The van der Waals surface area contributed by atoms with Crippen LogP contribution in [0.3, 0.4) is 0 Å². The summed E-state index contributed by atoms with van der Waals surface area (Å²) in [5.74, 6) is -0.0165. The summed E-state index contributed by atoms with van der Waals surface area (Å²) in [6.45, 7) is 2.08. The van der Waals surface area contributed by atoms with Gasteiger partial charge in [-0.25, -0.2) is 14.8 Å². The van der Waals surface area contributed by atoms with Gasteiger partial charge >= 0.3 is 5.97 Å². The van der Waals surface area contributed by atoms with E-state index in [4.69, 9.17) is 21.4 Å². The molecule has 7 nitrogen and oxygen atoms in total. The van der Waals surface area contributed by atoms with Crippen LogP contribution in [0.15, 0.2) is 30.6 Å². The highest BCUT2D eigenvalue weighted by Gasteiger charge is 2.21. The summed E-state index contributed by atoms with van der Waals surface area (Å²) in [6, 6.07) is 7.10. The van der Waals surface area contributed by atoms with Gasteiger partial charge in [0.05, 0.1) is 23.9 Å². The molecule has 0 bridgehead atoms. The Labute approximate surface area is 138 Å². The maximum Gasteiger partial charge on any atom is 0.345 e. The molecule has 0 aliphatic carbocycles. The van der Waals surface area contributed by atoms with Gasteiger partial charge in [0.1, 0.15) is 17.7 Å². The average molecular weight is 337 g/mol. The molecule has 2 rings (SSSR count). The predicted molar refractivity (Wildman–Crippen MR) is 88.3 cm³/mol. The highest BCUT2D eigenvalue weighted by atomic mass is 35.5. The lowest BCUT2D eigenvalue weighted by Crippen LogP contribution is -2.16. The quantitative estimate of drug-likeness (QED) is 0.668. The highest BCUT2D eigenvalue weighted by molar-refractivity contribution is 6.33. The Morgan fingerprint density at radius 1 is 1.30 bits per heavy atom. The summed E-state index contributed by atoms with van der Waals surface area (Å²) in [7, 11) is 0. The lowest BCUT2D eigenvalue weighted by atomic mass is 10.2. The second kappa shape index (κ2) is 8.30. The molecule has 0 amide bonds. The van der Waals surface area contributed by atoms with Crippen molar-refractivity contribution in [2.75, 3.05) is 30.4 Å². The van der Waals surface area contributed by atoms with Crippen molar-refractivity contribution in [3.63, 3.8) is 0 Å². The first-order valence-corrected chi connectivity index (χ1v) is 7.43. The molecule has 0 saturated carbocycles. The molecule has 8 heteroatoms. The van der Waals surface area contributed by atoms with E-state index in [-0.39, 0.29) is 37.0 Å². The Morgan fingerprint density at radius 3 is 2.74 bits per heavy atom. The van der Waals surface area contributed by atoms with Gasteiger partial charge in [-0.1, -0.05) is 23.7 Å². The van der Waals surface area contributed by atoms with Crippen LogP contribution in [0.4, 0.5) is 17.3 Å². The first kappa shape index (κ1) is 17.0. The number of rotatable bonds is 7. The zero-order valence-electron chi connectivity index (χ0n) is 12.5. The van der Waals surface area contributed by atoms with E-state index in [1.165, 1.54) is 6.33 Å². The van der Waals surface area contributed by atoms with Crippen LogP contribution in [0.2, 0.25) is 5.02 Å². The Kier molecular flexibility index (Phi) is 6.13. The van der Waals surface area contributed by atoms with E-state index in [9.17, 15) is 4.79 Å². The van der Waals surface area contributed by atoms with Gasteiger partial charge in [0.25, 0.3) is 0 Å². The van der Waals surface area contributed by atoms with E-state index in [0.29, 0.717) is 10.7 Å². The van der Waals surface area contributed by atoms with Gasteiger partial charge in [-0.05, 0) is 19.1 Å². The summed E-state index contributed by atoms with van der Waals surface area (Å²) in [5.41, 5.74) is 0.759. The Bertz CT molecular complexity index is 682. The fraction of sp³-hybridized carbons (Fsp3) is 0.267. The van der Waals surface area contributed by atoms with Crippen LogP contribution >= 0.6 is 11.6 Å². The maximum absolute atomic E-state index is 12.2. The van der Waals surface area contributed by atoms with Crippen molar-refractivity contribution >= 4 is 34.9 Å². The van der Waals surface area contributed by atoms with E-state index in [1.54, 1.807) is 25.1 Å². The topological polar surface area (TPSA) is 96.4 Å². The molecule has 1 heterocycles. The summed E-state index contributed by atoms with van der Waals surface area (Å²) >= 11 is 6.12. The molecule has 0 saturated heterocycles. The van der Waals surface area contributed by atoms with Crippen molar-refractivity contribution in [3.8, 4) is 0 Å². The molecule has 122 valence electrons. The van der Waals surface area contributed by atoms with Crippen LogP contribution in [0, 0.1) is 0 Å². The summed E-state index contributed by atoms with van der Waals surface area (Å²) in [6.07, 6.45) is 1.31. The number of nitrogens with zero attached hydrogens (tertiary/aromatic N) is 2. The minimum atomic E-state index is -0.567. The van der Waals surface area contributed by atoms with Gasteiger partial charge in [-0.15, -0.1) is 0 Å². The van der Waals surface area contributed by atoms with Crippen LogP contribution in [-0.4, -0.2) is 40.8 Å². The number of esters is 1. The van der Waals surface area contributed by atoms with E-state index < -0.39 is 5.97 Å². The second-order valence-corrected chi connectivity index (χ2v) is 4.83. The van der Waals surface area contributed by atoms with Crippen LogP contribution in [-0.2, 0) is 4.74 Å². The number of ether oxygens (including phenoxy) is 1. The minimum absolute atomic E-state index is 0.0977. The molecule has 0 fully saturated rings. The molecule has 0 radical (unpaired) electrons. The van der Waals surface area contributed by atoms with Crippen molar-refractivity contribution in [1.29, 1.82) is 0 Å². The summed E-state index contributed by atoms with van der Waals surface area (Å²) in [5, 5.41) is 15.3. The minimum Gasteiger partial charge on any atom is -0.462 e. The molecule has 0 unspecified atom stereocenters. The van der Waals surface area contributed by atoms with Crippen molar-refractivity contribution in [2.45, 2.75) is 6.92 Å². The molecule has 0 aliphatic rings. The first-order chi connectivity index (χ1) is 11.2. The van der Waals surface area contributed by atoms with E-state index in [1.807, 2.05) is 6.07 Å². The van der Waals surface area contributed by atoms with Crippen molar-refractivity contribution in [1.82, 2.24) is 9.97 Å². The van der Waals surface area contributed by atoms with Crippen LogP contribution in [0.25, 0.3) is 0 Å². The zero-order valence-corrected chi connectivity index (χ0v) is 13.3. The molecule has 0 spiro atoms. The van der Waals surface area contributed by atoms with Crippen LogP contribution in [0.5, 0.6) is 0 Å². The average Bonchev–Trinajstić information content (AvgIpc) is 2.55. The van der Waals surface area contributed by atoms with E-state index >= 15 is 0 Å². The molecule has 2 aromatic rings. The standard InChI is InChI=1S/C15H17ClN4O3/c1-2-23-15(22)12-13(17-7-8-21)18-9-19-14(12)20-11-6-4-3-5-10(11)16/h3-6,9,21H,2,7-8H2,1H3,(H2,17,18,19,20). The van der Waals surface area contributed by atoms with Gasteiger partial charge in [-0.2, -0.15) is 0 Å². The number of aliphatic hydroxyl groups excluding tert-OH is 1. The number of carbonyl (C=O) groups excluding carboxylic acids is 1. The molecule has 3 N–H and O–H groups in total. The number of aliphatic hydroxyl groups is 1. The number of halogens is 1. The van der Waals surface area contributed by atoms with Crippen molar-refractivity contribution < 1.29 is 14.6 Å². The Balaban J connectivity index is 2.41. The fourth-order valence-electron chi connectivity index (χ4n) is 1.88. The molecule has 0 aliphatic heterocycles. The molecular weight excluding hydrogens is 320 g/mol. The summed E-state index contributed by atoms with van der Waals surface area (Å²) < 4.78 is 5.06. The third-order valence-electron chi connectivity index (χ3n) is 2.86. The number of para-hydroxylation sites is 1. The first-order valence-electron chi connectivity index (χ1n) is 7.05. The highest BCUT2D eigenvalue weighted by Crippen LogP contribution is 2.28. The summed E-state index contributed by atoms with van der Waals surface area (Å²) in [4.78, 5) is 20.4. The number of hydrogen-bond acceptors (Lipinski definition) is 7. The number of carbonyl (C=O) groups is 1. The molecule has 1 aromatic heterocycles. The van der Waals surface area contributed by atoms with E-state index in [2.05, 4.69) is 20.6 Å². The molecule has 0 atom stereocenters. The largest absolute Gasteiger partial charge is 0.462 e. The monoisotopic (exact) mass is 336 g/mol. The number of aromatic nitrogens is 2. The van der Waals surface area contributed by atoms with Crippen molar-refractivity contribution in [2.24, 2.45) is 0 Å². The SMILES string of the molecule is CCOC(=O)c1c(NCCO)ncnc1Nc1ccccc1Cl. The van der Waals surface area contributed by atoms with Gasteiger partial charge in [0, 0.05) is 6.54 Å². The van der Waals surface area contributed by atoms with Crippen LogP contribution in [0.1, 0.15) is 17.3 Å². The van der Waals surface area contributed by atoms with Gasteiger partial charge in [0.2, 0.25) is 0 Å².